The molecule has 0 saturated carbocycles. The Bertz CT molecular complexity index is 1350. The van der Waals surface area contributed by atoms with Gasteiger partial charge in [-0.1, -0.05) is 65.7 Å². The third-order valence-corrected chi connectivity index (χ3v) is 6.99. The molecule has 0 aromatic heterocycles. The zero-order valence-corrected chi connectivity index (χ0v) is 19.9. The molecule has 9 heteroatoms. The van der Waals surface area contributed by atoms with Crippen molar-refractivity contribution < 1.29 is 9.53 Å². The summed E-state index contributed by atoms with van der Waals surface area (Å²) in [7, 11) is 0. The Morgan fingerprint density at radius 3 is 2.49 bits per heavy atom. The van der Waals surface area contributed by atoms with Gasteiger partial charge >= 0.3 is 6.09 Å². The van der Waals surface area contributed by atoms with Gasteiger partial charge in [-0.25, -0.2) is 4.79 Å². The second-order valence-electron chi connectivity index (χ2n) is 8.29. The zero-order chi connectivity index (χ0) is 25.2. The van der Waals surface area contributed by atoms with E-state index < -0.39 is 23.3 Å². The Morgan fingerprint density at radius 1 is 1.14 bits per heavy atom. The van der Waals surface area contributed by atoms with Crippen LogP contribution < -0.4 is 5.73 Å². The van der Waals surface area contributed by atoms with Gasteiger partial charge in [0, 0.05) is 35.0 Å². The van der Waals surface area contributed by atoms with Crippen LogP contribution in [0.4, 0.5) is 4.79 Å². The number of fused-ring (bicyclic) bond motifs is 1. The van der Waals surface area contributed by atoms with Gasteiger partial charge in [-0.05, 0) is 28.8 Å². The summed E-state index contributed by atoms with van der Waals surface area (Å²) in [6.45, 7) is 0.387. The van der Waals surface area contributed by atoms with Gasteiger partial charge in [0.2, 0.25) is 0 Å². The van der Waals surface area contributed by atoms with Crippen LogP contribution in [0.2, 0.25) is 10.0 Å². The first kappa shape index (κ1) is 24.2. The normalized spacial score (nSPS) is 20.5. The zero-order valence-electron chi connectivity index (χ0n) is 18.4. The molecule has 0 spiro atoms. The SMILES string of the molecule is N#CC1=C(N)C(C#N)(C#N)[C@@H](c2ccc(Cl)cc2Cl)[C@H]2CN(C(=O)OCc3ccccc3)CC=C12. The van der Waals surface area contributed by atoms with Gasteiger partial charge in [-0.3, -0.25) is 0 Å². The van der Waals surface area contributed by atoms with Gasteiger partial charge in [-0.2, -0.15) is 15.8 Å². The maximum Gasteiger partial charge on any atom is 0.410 e. The largest absolute Gasteiger partial charge is 0.445 e. The number of benzene rings is 2. The molecule has 2 aromatic carbocycles. The van der Waals surface area contributed by atoms with Gasteiger partial charge in [0.25, 0.3) is 0 Å². The van der Waals surface area contributed by atoms with Crippen molar-refractivity contribution in [3.8, 4) is 18.2 Å². The first-order valence-corrected chi connectivity index (χ1v) is 11.5. The van der Waals surface area contributed by atoms with Gasteiger partial charge in [0.15, 0.2) is 5.41 Å². The van der Waals surface area contributed by atoms with Gasteiger partial charge in [0.05, 0.1) is 23.4 Å². The molecular formula is C26H19Cl2N5O2. The van der Waals surface area contributed by atoms with Crippen LogP contribution in [0.5, 0.6) is 0 Å². The number of carbonyl (C=O) groups excluding carboxylic acids is 1. The molecule has 174 valence electrons. The molecule has 1 aliphatic heterocycles. The molecule has 2 atom stereocenters. The lowest BCUT2D eigenvalue weighted by atomic mass is 9.58. The summed E-state index contributed by atoms with van der Waals surface area (Å²) in [6, 6.07) is 20.2. The third kappa shape index (κ3) is 4.19. The fourth-order valence-electron chi connectivity index (χ4n) is 4.74. The van der Waals surface area contributed by atoms with E-state index in [1.54, 1.807) is 18.2 Å². The Balaban J connectivity index is 1.76. The van der Waals surface area contributed by atoms with Crippen LogP contribution in [0.25, 0.3) is 0 Å². The van der Waals surface area contributed by atoms with E-state index in [-0.39, 0.29) is 36.0 Å². The molecule has 1 aliphatic carbocycles. The van der Waals surface area contributed by atoms with Crippen molar-refractivity contribution in [1.29, 1.82) is 15.8 Å². The van der Waals surface area contributed by atoms with Crippen LogP contribution in [-0.2, 0) is 11.3 Å². The van der Waals surface area contributed by atoms with E-state index in [0.717, 1.165) is 5.56 Å². The first-order valence-electron chi connectivity index (χ1n) is 10.7. The number of hydrogen-bond acceptors (Lipinski definition) is 6. The van der Waals surface area contributed by atoms with Crippen molar-refractivity contribution in [2.24, 2.45) is 17.1 Å². The highest BCUT2D eigenvalue weighted by molar-refractivity contribution is 6.35. The molecular weight excluding hydrogens is 485 g/mol. The monoisotopic (exact) mass is 503 g/mol. The predicted octanol–water partition coefficient (Wildman–Crippen LogP) is 5.06. The summed E-state index contributed by atoms with van der Waals surface area (Å²) in [6.07, 6.45) is 1.17. The highest BCUT2D eigenvalue weighted by Gasteiger charge is 2.55. The molecule has 1 amide bonds. The maximum absolute atomic E-state index is 12.9. The number of ether oxygens (including phenoxy) is 1. The van der Waals surface area contributed by atoms with E-state index in [1.165, 1.54) is 11.0 Å². The first-order chi connectivity index (χ1) is 16.9. The Kier molecular flexibility index (Phi) is 6.72. The lowest BCUT2D eigenvalue weighted by molar-refractivity contribution is 0.0898. The Morgan fingerprint density at radius 2 is 1.86 bits per heavy atom. The summed E-state index contributed by atoms with van der Waals surface area (Å²) in [5.41, 5.74) is 6.29. The molecule has 4 rings (SSSR count). The van der Waals surface area contributed by atoms with Crippen LogP contribution >= 0.6 is 23.2 Å². The lowest BCUT2D eigenvalue weighted by Gasteiger charge is -2.45. The second-order valence-corrected chi connectivity index (χ2v) is 9.13. The van der Waals surface area contributed by atoms with Crippen LogP contribution in [0, 0.1) is 45.3 Å². The van der Waals surface area contributed by atoms with E-state index in [2.05, 4.69) is 6.07 Å². The van der Waals surface area contributed by atoms with Crippen molar-refractivity contribution in [3.05, 3.63) is 92.6 Å². The Hall–Kier alpha value is -3.96. The molecule has 0 unspecified atom stereocenters. The number of rotatable bonds is 3. The van der Waals surface area contributed by atoms with E-state index in [9.17, 15) is 20.6 Å². The number of nitrogens with two attached hydrogens (primary N) is 1. The fourth-order valence-corrected chi connectivity index (χ4v) is 5.26. The minimum Gasteiger partial charge on any atom is -0.445 e. The number of nitrogens with zero attached hydrogens (tertiary/aromatic N) is 4. The molecule has 0 radical (unpaired) electrons. The number of allylic oxidation sites excluding steroid dienone is 2. The number of hydrogen-bond donors (Lipinski definition) is 1. The van der Waals surface area contributed by atoms with Crippen molar-refractivity contribution >= 4 is 29.3 Å². The molecule has 7 nitrogen and oxygen atoms in total. The van der Waals surface area contributed by atoms with E-state index in [4.69, 9.17) is 33.7 Å². The van der Waals surface area contributed by atoms with Gasteiger partial charge < -0.3 is 15.4 Å². The van der Waals surface area contributed by atoms with Crippen molar-refractivity contribution in [2.45, 2.75) is 12.5 Å². The topological polar surface area (TPSA) is 127 Å². The van der Waals surface area contributed by atoms with E-state index >= 15 is 0 Å². The standard InChI is InChI=1S/C26H19Cl2N5O2/c27-17-6-7-19(22(28)10-17)23-21-12-33(25(34)35-13-16-4-2-1-3-5-16)9-8-18(21)20(11-29)24(32)26(23,14-30)15-31/h1-8,10,21,23H,9,12-13,32H2/t21-,23-/m0/s1. The lowest BCUT2D eigenvalue weighted by Crippen LogP contribution is -2.49. The molecule has 2 aliphatic rings. The van der Waals surface area contributed by atoms with Crippen LogP contribution in [-0.4, -0.2) is 24.1 Å². The van der Waals surface area contributed by atoms with Gasteiger partial charge in [-0.15, -0.1) is 0 Å². The third-order valence-electron chi connectivity index (χ3n) is 6.43. The number of halogens is 2. The van der Waals surface area contributed by atoms with Crippen molar-refractivity contribution in [2.75, 3.05) is 13.1 Å². The van der Waals surface area contributed by atoms with E-state index in [0.29, 0.717) is 16.2 Å². The average Bonchev–Trinajstić information content (AvgIpc) is 2.87. The number of nitriles is 3. The smallest absolute Gasteiger partial charge is 0.410 e. The minimum atomic E-state index is -1.87. The number of amides is 1. The molecule has 0 fully saturated rings. The van der Waals surface area contributed by atoms with Gasteiger partial charge in [0.1, 0.15) is 12.7 Å². The van der Waals surface area contributed by atoms with E-state index in [1.807, 2.05) is 42.5 Å². The summed E-state index contributed by atoms with van der Waals surface area (Å²) < 4.78 is 5.49. The quantitative estimate of drug-likeness (QED) is 0.623. The van der Waals surface area contributed by atoms with Crippen molar-refractivity contribution in [3.63, 3.8) is 0 Å². The fraction of sp³-hybridized carbons (Fsp3) is 0.231. The second kappa shape index (κ2) is 9.72. The highest BCUT2D eigenvalue weighted by Crippen LogP contribution is 2.55. The predicted molar refractivity (Wildman–Crippen MR) is 129 cm³/mol. The highest BCUT2D eigenvalue weighted by atomic mass is 35.5. The van der Waals surface area contributed by atoms with Crippen LogP contribution in [0.1, 0.15) is 17.0 Å². The average molecular weight is 504 g/mol. The maximum atomic E-state index is 12.9. The molecule has 2 aromatic rings. The summed E-state index contributed by atoms with van der Waals surface area (Å²) in [5, 5.41) is 30.9. The number of carbonyl (C=O) groups is 1. The Labute approximate surface area is 212 Å². The molecule has 35 heavy (non-hydrogen) atoms. The summed E-state index contributed by atoms with van der Waals surface area (Å²) in [4.78, 5) is 14.4. The molecule has 0 saturated heterocycles. The summed E-state index contributed by atoms with van der Waals surface area (Å²) >= 11 is 12.6. The minimum absolute atomic E-state index is 0.0803. The van der Waals surface area contributed by atoms with Crippen molar-refractivity contribution in [1.82, 2.24) is 4.90 Å². The molecule has 2 N–H and O–H groups in total. The molecule has 1 heterocycles. The molecule has 0 bridgehead atoms. The van der Waals surface area contributed by atoms with Crippen LogP contribution in [0.3, 0.4) is 0 Å². The summed E-state index contributed by atoms with van der Waals surface area (Å²) in [5.74, 6) is -1.46. The van der Waals surface area contributed by atoms with Crippen LogP contribution in [0.15, 0.2) is 71.5 Å².